The van der Waals surface area contributed by atoms with E-state index in [1.54, 1.807) is 0 Å². The second-order valence-electron chi connectivity index (χ2n) is 8.38. The molecule has 0 saturated carbocycles. The molecule has 0 bridgehead atoms. The summed E-state index contributed by atoms with van der Waals surface area (Å²) in [5, 5.41) is 8.92. The van der Waals surface area contributed by atoms with E-state index in [1.165, 1.54) is 5.69 Å². The molecule has 27 heavy (non-hydrogen) atoms. The minimum Gasteiger partial charge on any atom is -0.444 e. The number of ether oxygens (including phenoxy) is 1. The van der Waals surface area contributed by atoms with E-state index in [4.69, 9.17) is 10.00 Å². The summed E-state index contributed by atoms with van der Waals surface area (Å²) in [5.41, 5.74) is 1.46. The fourth-order valence-corrected chi connectivity index (χ4v) is 3.83. The minimum atomic E-state index is -0.438. The lowest BCUT2D eigenvalue weighted by Gasteiger charge is -2.43. The van der Waals surface area contributed by atoms with Crippen LogP contribution in [-0.2, 0) is 4.74 Å². The number of carbonyl (C=O) groups excluding carboxylic acids is 1. The second kappa shape index (κ2) is 8.18. The number of anilines is 1. The molecule has 0 spiro atoms. The van der Waals surface area contributed by atoms with Gasteiger partial charge in [0, 0.05) is 51.0 Å². The van der Waals surface area contributed by atoms with Crippen molar-refractivity contribution in [2.24, 2.45) is 0 Å². The van der Waals surface area contributed by atoms with Gasteiger partial charge in [0.2, 0.25) is 0 Å². The Balaban J connectivity index is 1.45. The summed E-state index contributed by atoms with van der Waals surface area (Å²) in [6.07, 6.45) is 2.07. The third-order valence-electron chi connectivity index (χ3n) is 5.31. The van der Waals surface area contributed by atoms with E-state index in [0.29, 0.717) is 11.6 Å². The summed E-state index contributed by atoms with van der Waals surface area (Å²) in [7, 11) is 0. The van der Waals surface area contributed by atoms with Gasteiger partial charge < -0.3 is 14.5 Å². The van der Waals surface area contributed by atoms with E-state index in [1.807, 2.05) is 49.9 Å². The van der Waals surface area contributed by atoms with Crippen LogP contribution in [0.1, 0.15) is 39.2 Å². The number of hydrogen-bond acceptors (Lipinski definition) is 5. The predicted octanol–water partition coefficient (Wildman–Crippen LogP) is 3.08. The average Bonchev–Trinajstić information content (AvgIpc) is 2.67. The number of benzene rings is 1. The monoisotopic (exact) mass is 370 g/mol. The van der Waals surface area contributed by atoms with Crippen molar-refractivity contribution in [3.05, 3.63) is 29.8 Å². The molecule has 1 aromatic rings. The molecule has 2 fully saturated rings. The molecule has 0 aliphatic carbocycles. The molecule has 2 heterocycles. The van der Waals surface area contributed by atoms with Crippen molar-refractivity contribution < 1.29 is 9.53 Å². The SMILES string of the molecule is CC(C)(C)OC(=O)N1CCN(C2CCN(c3ccc(C#N)cc3)CC2)CC1. The molecule has 0 aromatic heterocycles. The van der Waals surface area contributed by atoms with Crippen LogP contribution in [0.4, 0.5) is 10.5 Å². The van der Waals surface area contributed by atoms with Crippen molar-refractivity contribution in [1.29, 1.82) is 5.26 Å². The Bertz CT molecular complexity index is 674. The van der Waals surface area contributed by atoms with Crippen LogP contribution in [0.2, 0.25) is 0 Å². The lowest BCUT2D eigenvalue weighted by Crippen LogP contribution is -2.55. The Labute approximate surface area is 162 Å². The molecular weight excluding hydrogens is 340 g/mol. The fraction of sp³-hybridized carbons (Fsp3) is 0.619. The van der Waals surface area contributed by atoms with Crippen LogP contribution in [0.5, 0.6) is 0 Å². The maximum atomic E-state index is 12.2. The standard InChI is InChI=1S/C21H30N4O2/c1-21(2,3)27-20(26)25-14-12-24(13-15-25)19-8-10-23(11-9-19)18-6-4-17(16-22)5-7-18/h4-7,19H,8-15H2,1-3H3. The van der Waals surface area contributed by atoms with Crippen LogP contribution in [0.15, 0.2) is 24.3 Å². The maximum absolute atomic E-state index is 12.2. The Hall–Kier alpha value is -2.26. The van der Waals surface area contributed by atoms with Crippen molar-refractivity contribution in [3.8, 4) is 6.07 Å². The number of rotatable bonds is 2. The average molecular weight is 370 g/mol. The Morgan fingerprint density at radius 1 is 1.04 bits per heavy atom. The molecule has 0 N–H and O–H groups in total. The first-order chi connectivity index (χ1) is 12.9. The molecule has 2 aliphatic heterocycles. The summed E-state index contributed by atoms with van der Waals surface area (Å²) in [4.78, 5) is 18.9. The number of carbonyl (C=O) groups is 1. The molecule has 1 aromatic carbocycles. The van der Waals surface area contributed by atoms with Crippen LogP contribution in [0.25, 0.3) is 0 Å². The molecule has 2 saturated heterocycles. The summed E-state index contributed by atoms with van der Waals surface area (Å²) >= 11 is 0. The van der Waals surface area contributed by atoms with E-state index in [2.05, 4.69) is 15.9 Å². The first kappa shape index (κ1) is 19.5. The van der Waals surface area contributed by atoms with Crippen molar-refractivity contribution in [2.45, 2.75) is 45.3 Å². The Morgan fingerprint density at radius 3 is 2.15 bits per heavy atom. The summed E-state index contributed by atoms with van der Waals surface area (Å²) in [5.74, 6) is 0. The third-order valence-corrected chi connectivity index (χ3v) is 5.31. The van der Waals surface area contributed by atoms with Crippen LogP contribution < -0.4 is 4.90 Å². The van der Waals surface area contributed by atoms with Crippen LogP contribution >= 0.6 is 0 Å². The summed E-state index contributed by atoms with van der Waals surface area (Å²) in [6.45, 7) is 11.1. The van der Waals surface area contributed by atoms with E-state index in [0.717, 1.165) is 52.1 Å². The van der Waals surface area contributed by atoms with E-state index in [9.17, 15) is 4.79 Å². The van der Waals surface area contributed by atoms with Gasteiger partial charge >= 0.3 is 6.09 Å². The smallest absolute Gasteiger partial charge is 0.410 e. The molecule has 1 amide bonds. The van der Waals surface area contributed by atoms with Crippen molar-refractivity contribution in [3.63, 3.8) is 0 Å². The molecule has 6 nitrogen and oxygen atoms in total. The number of piperazine rings is 1. The number of nitrogens with zero attached hydrogens (tertiary/aromatic N) is 4. The van der Waals surface area contributed by atoms with Gasteiger partial charge in [-0.2, -0.15) is 5.26 Å². The Morgan fingerprint density at radius 2 is 1.63 bits per heavy atom. The van der Waals surface area contributed by atoms with Gasteiger partial charge in [-0.05, 0) is 57.9 Å². The molecule has 146 valence electrons. The van der Waals surface area contributed by atoms with Gasteiger partial charge in [0.05, 0.1) is 11.6 Å². The van der Waals surface area contributed by atoms with Crippen molar-refractivity contribution >= 4 is 11.8 Å². The van der Waals surface area contributed by atoms with Crippen LogP contribution in [0.3, 0.4) is 0 Å². The normalized spacial score (nSPS) is 19.6. The topological polar surface area (TPSA) is 59.8 Å². The third kappa shape index (κ3) is 5.14. The zero-order valence-electron chi connectivity index (χ0n) is 16.6. The molecule has 0 atom stereocenters. The number of nitriles is 1. The van der Waals surface area contributed by atoms with Gasteiger partial charge in [-0.1, -0.05) is 0 Å². The minimum absolute atomic E-state index is 0.196. The lowest BCUT2D eigenvalue weighted by atomic mass is 10.0. The van der Waals surface area contributed by atoms with Crippen molar-refractivity contribution in [1.82, 2.24) is 9.80 Å². The number of hydrogen-bond donors (Lipinski definition) is 0. The lowest BCUT2D eigenvalue weighted by molar-refractivity contribution is 0.00902. The molecule has 0 unspecified atom stereocenters. The fourth-order valence-electron chi connectivity index (χ4n) is 3.83. The van der Waals surface area contributed by atoms with Crippen molar-refractivity contribution in [2.75, 3.05) is 44.2 Å². The predicted molar refractivity (Wildman–Crippen MR) is 106 cm³/mol. The summed E-state index contributed by atoms with van der Waals surface area (Å²) in [6, 6.07) is 10.6. The first-order valence-electron chi connectivity index (χ1n) is 9.83. The van der Waals surface area contributed by atoms with E-state index < -0.39 is 5.60 Å². The maximum Gasteiger partial charge on any atom is 0.410 e. The quantitative estimate of drug-likeness (QED) is 0.801. The van der Waals surface area contributed by atoms with Gasteiger partial charge in [-0.3, -0.25) is 4.90 Å². The van der Waals surface area contributed by atoms with Gasteiger partial charge in [-0.25, -0.2) is 4.79 Å². The number of piperidine rings is 1. The zero-order valence-corrected chi connectivity index (χ0v) is 16.6. The Kier molecular flexibility index (Phi) is 5.91. The van der Waals surface area contributed by atoms with Gasteiger partial charge in [-0.15, -0.1) is 0 Å². The van der Waals surface area contributed by atoms with Gasteiger partial charge in [0.1, 0.15) is 5.60 Å². The highest BCUT2D eigenvalue weighted by atomic mass is 16.6. The van der Waals surface area contributed by atoms with Crippen LogP contribution in [-0.4, -0.2) is 66.8 Å². The van der Waals surface area contributed by atoms with Crippen LogP contribution in [0, 0.1) is 11.3 Å². The number of amides is 1. The molecule has 0 radical (unpaired) electrons. The van der Waals surface area contributed by atoms with E-state index >= 15 is 0 Å². The molecular formula is C21H30N4O2. The molecule has 2 aliphatic rings. The first-order valence-corrected chi connectivity index (χ1v) is 9.83. The highest BCUT2D eigenvalue weighted by Gasteiger charge is 2.30. The zero-order chi connectivity index (χ0) is 19.4. The van der Waals surface area contributed by atoms with Gasteiger partial charge in [0.15, 0.2) is 0 Å². The largest absolute Gasteiger partial charge is 0.444 e. The highest BCUT2D eigenvalue weighted by Crippen LogP contribution is 2.24. The highest BCUT2D eigenvalue weighted by molar-refractivity contribution is 5.68. The molecule has 3 rings (SSSR count). The molecule has 6 heteroatoms. The van der Waals surface area contributed by atoms with E-state index in [-0.39, 0.29) is 6.09 Å². The second-order valence-corrected chi connectivity index (χ2v) is 8.38. The van der Waals surface area contributed by atoms with Gasteiger partial charge in [0.25, 0.3) is 0 Å². The summed E-state index contributed by atoms with van der Waals surface area (Å²) < 4.78 is 5.48.